The van der Waals surface area contributed by atoms with Gasteiger partial charge in [0.05, 0.1) is 6.04 Å². The number of carbonyl (C=O) groups is 4. The first-order chi connectivity index (χ1) is 14.1. The molecule has 1 saturated heterocycles. The molecule has 0 aromatic rings. The molecule has 7 N–H and O–H groups in total. The Morgan fingerprint density at radius 2 is 1.77 bits per heavy atom. The van der Waals surface area contributed by atoms with E-state index in [0.29, 0.717) is 38.8 Å². The Bertz CT molecular complexity index is 612. The highest BCUT2D eigenvalue weighted by atomic mass is 16.4. The van der Waals surface area contributed by atoms with Gasteiger partial charge in [-0.25, -0.2) is 4.79 Å². The fraction of sp³-hybridized carbons (Fsp3) is 0.800. The van der Waals surface area contributed by atoms with Crippen LogP contribution < -0.4 is 22.1 Å². The molecule has 4 atom stereocenters. The third-order valence-corrected chi connectivity index (χ3v) is 5.20. The van der Waals surface area contributed by atoms with Crippen LogP contribution in [0.4, 0.5) is 0 Å². The number of nitrogens with two attached hydrogens (primary N) is 2. The van der Waals surface area contributed by atoms with Gasteiger partial charge in [-0.05, 0) is 51.5 Å². The molecule has 1 aliphatic rings. The summed E-state index contributed by atoms with van der Waals surface area (Å²) in [5, 5.41) is 14.6. The molecule has 1 rings (SSSR count). The van der Waals surface area contributed by atoms with Gasteiger partial charge in [-0.15, -0.1) is 0 Å². The predicted molar refractivity (Wildman–Crippen MR) is 112 cm³/mol. The van der Waals surface area contributed by atoms with Crippen LogP contribution in [0.15, 0.2) is 0 Å². The second-order valence-corrected chi connectivity index (χ2v) is 8.34. The number of hydrogen-bond donors (Lipinski definition) is 5. The number of carboxylic acids is 1. The Hall–Kier alpha value is -2.20. The number of aliphatic carboxylic acids is 1. The number of carbonyl (C=O) groups excluding carboxylic acids is 3. The number of nitrogens with zero attached hydrogens (tertiary/aromatic N) is 1. The summed E-state index contributed by atoms with van der Waals surface area (Å²) in [4.78, 5) is 50.4. The van der Waals surface area contributed by atoms with Crippen LogP contribution in [0.3, 0.4) is 0 Å². The van der Waals surface area contributed by atoms with Gasteiger partial charge < -0.3 is 32.1 Å². The van der Waals surface area contributed by atoms with Crippen molar-refractivity contribution in [2.75, 3.05) is 13.1 Å². The highest BCUT2D eigenvalue weighted by Crippen LogP contribution is 2.18. The smallest absolute Gasteiger partial charge is 0.326 e. The van der Waals surface area contributed by atoms with Crippen LogP contribution in [0.1, 0.15) is 59.3 Å². The van der Waals surface area contributed by atoms with Crippen molar-refractivity contribution in [3.63, 3.8) is 0 Å². The topological polar surface area (TPSA) is 168 Å². The number of hydrogen-bond acceptors (Lipinski definition) is 6. The summed E-state index contributed by atoms with van der Waals surface area (Å²) in [5.41, 5.74) is 11.4. The maximum absolute atomic E-state index is 12.8. The third-order valence-electron chi connectivity index (χ3n) is 5.20. The van der Waals surface area contributed by atoms with Crippen molar-refractivity contribution in [3.05, 3.63) is 0 Å². The SMILES string of the molecule is CC(C)CC(NC(=O)C(N)CCCCN)C(=O)NC(C)C(=O)N1CCCC1C(=O)O. The minimum atomic E-state index is -1.05. The van der Waals surface area contributed by atoms with E-state index >= 15 is 0 Å². The van der Waals surface area contributed by atoms with Crippen LogP contribution in [0.5, 0.6) is 0 Å². The van der Waals surface area contributed by atoms with Crippen molar-refractivity contribution < 1.29 is 24.3 Å². The molecule has 172 valence electrons. The first-order valence-corrected chi connectivity index (χ1v) is 10.7. The average molecular weight is 428 g/mol. The molecular weight excluding hydrogens is 390 g/mol. The molecule has 1 fully saturated rings. The normalized spacial score (nSPS) is 19.3. The maximum atomic E-state index is 12.8. The van der Waals surface area contributed by atoms with E-state index < -0.39 is 47.9 Å². The molecule has 0 aromatic heterocycles. The quantitative estimate of drug-likeness (QED) is 0.263. The van der Waals surface area contributed by atoms with Crippen LogP contribution in [0, 0.1) is 5.92 Å². The van der Waals surface area contributed by atoms with Crippen molar-refractivity contribution in [1.29, 1.82) is 0 Å². The summed E-state index contributed by atoms with van der Waals surface area (Å²) in [7, 11) is 0. The first kappa shape index (κ1) is 25.8. The van der Waals surface area contributed by atoms with Crippen LogP contribution in [-0.2, 0) is 19.2 Å². The van der Waals surface area contributed by atoms with E-state index in [9.17, 15) is 24.3 Å². The van der Waals surface area contributed by atoms with Gasteiger partial charge >= 0.3 is 5.97 Å². The summed E-state index contributed by atoms with van der Waals surface area (Å²) < 4.78 is 0. The number of nitrogens with one attached hydrogen (secondary N) is 2. The zero-order valence-electron chi connectivity index (χ0n) is 18.2. The molecule has 30 heavy (non-hydrogen) atoms. The standard InChI is InChI=1S/C20H37N5O5/c1-12(2)11-15(24-17(26)14(22)7-4-5-9-21)18(27)23-13(3)19(28)25-10-6-8-16(25)20(29)30/h12-16H,4-11,21-22H2,1-3H3,(H,23,27)(H,24,26)(H,29,30). The van der Waals surface area contributed by atoms with Gasteiger partial charge in [0.1, 0.15) is 18.1 Å². The number of likely N-dealkylation sites (tertiary alicyclic amines) is 1. The summed E-state index contributed by atoms with van der Waals surface area (Å²) in [5.74, 6) is -2.28. The molecule has 0 spiro atoms. The van der Waals surface area contributed by atoms with Crippen molar-refractivity contribution >= 4 is 23.7 Å². The van der Waals surface area contributed by atoms with E-state index in [1.54, 1.807) is 0 Å². The van der Waals surface area contributed by atoms with E-state index in [-0.39, 0.29) is 5.92 Å². The van der Waals surface area contributed by atoms with Crippen molar-refractivity contribution in [1.82, 2.24) is 15.5 Å². The van der Waals surface area contributed by atoms with Crippen LogP contribution in [-0.4, -0.2) is 71.0 Å². The van der Waals surface area contributed by atoms with Gasteiger partial charge in [-0.2, -0.15) is 0 Å². The van der Waals surface area contributed by atoms with Crippen LogP contribution in [0.25, 0.3) is 0 Å². The molecule has 0 saturated carbocycles. The van der Waals surface area contributed by atoms with Crippen molar-refractivity contribution in [2.45, 2.75) is 83.5 Å². The summed E-state index contributed by atoms with van der Waals surface area (Å²) >= 11 is 0. The second-order valence-electron chi connectivity index (χ2n) is 8.34. The van der Waals surface area contributed by atoms with E-state index in [2.05, 4.69) is 10.6 Å². The predicted octanol–water partition coefficient (Wildman–Crippen LogP) is -0.446. The third kappa shape index (κ3) is 7.91. The fourth-order valence-electron chi connectivity index (χ4n) is 3.53. The van der Waals surface area contributed by atoms with Gasteiger partial charge in [0.15, 0.2) is 0 Å². The van der Waals surface area contributed by atoms with Crippen LogP contribution in [0.2, 0.25) is 0 Å². The van der Waals surface area contributed by atoms with E-state index in [1.165, 1.54) is 11.8 Å². The molecule has 0 bridgehead atoms. The van der Waals surface area contributed by atoms with Gasteiger partial charge in [0, 0.05) is 6.54 Å². The fourth-order valence-corrected chi connectivity index (χ4v) is 3.53. The molecule has 1 heterocycles. The molecule has 10 heteroatoms. The van der Waals surface area contributed by atoms with E-state index in [1.807, 2.05) is 13.8 Å². The molecule has 4 unspecified atom stereocenters. The lowest BCUT2D eigenvalue weighted by atomic mass is 10.0. The summed E-state index contributed by atoms with van der Waals surface area (Å²) in [6.45, 7) is 6.23. The minimum absolute atomic E-state index is 0.121. The number of unbranched alkanes of at least 4 members (excludes halogenated alkanes) is 1. The Morgan fingerprint density at radius 1 is 1.10 bits per heavy atom. The Balaban J connectivity index is 2.72. The average Bonchev–Trinajstić information content (AvgIpc) is 3.16. The number of carboxylic acid groups (broad SMARTS) is 1. The van der Waals surface area contributed by atoms with Gasteiger partial charge in [-0.3, -0.25) is 14.4 Å². The molecule has 0 radical (unpaired) electrons. The highest BCUT2D eigenvalue weighted by Gasteiger charge is 2.37. The Labute approximate surface area is 178 Å². The van der Waals surface area contributed by atoms with E-state index in [4.69, 9.17) is 11.5 Å². The van der Waals surface area contributed by atoms with Crippen molar-refractivity contribution in [2.24, 2.45) is 17.4 Å². The Morgan fingerprint density at radius 3 is 2.33 bits per heavy atom. The summed E-state index contributed by atoms with van der Waals surface area (Å²) in [6.07, 6.45) is 3.35. The minimum Gasteiger partial charge on any atom is -0.480 e. The van der Waals surface area contributed by atoms with Gasteiger partial charge in [0.2, 0.25) is 17.7 Å². The van der Waals surface area contributed by atoms with Crippen LogP contribution >= 0.6 is 0 Å². The maximum Gasteiger partial charge on any atom is 0.326 e. The van der Waals surface area contributed by atoms with Crippen molar-refractivity contribution in [3.8, 4) is 0 Å². The molecule has 0 aromatic carbocycles. The highest BCUT2D eigenvalue weighted by molar-refractivity contribution is 5.94. The number of rotatable bonds is 12. The zero-order valence-corrected chi connectivity index (χ0v) is 18.2. The van der Waals surface area contributed by atoms with E-state index in [0.717, 1.165) is 12.8 Å². The summed E-state index contributed by atoms with van der Waals surface area (Å²) in [6, 6.07) is -3.34. The largest absolute Gasteiger partial charge is 0.480 e. The van der Waals surface area contributed by atoms with Gasteiger partial charge in [-0.1, -0.05) is 20.3 Å². The lowest BCUT2D eigenvalue weighted by Gasteiger charge is -2.27. The zero-order chi connectivity index (χ0) is 22.8. The number of amides is 3. The first-order valence-electron chi connectivity index (χ1n) is 10.7. The molecule has 10 nitrogen and oxygen atoms in total. The molecular formula is C20H37N5O5. The molecule has 1 aliphatic heterocycles. The molecule has 0 aliphatic carbocycles. The lowest BCUT2D eigenvalue weighted by molar-refractivity contribution is -0.149. The molecule has 3 amide bonds. The van der Waals surface area contributed by atoms with Gasteiger partial charge in [0.25, 0.3) is 0 Å². The second kappa shape index (κ2) is 12.5. The monoisotopic (exact) mass is 427 g/mol. The lowest BCUT2D eigenvalue weighted by Crippen LogP contribution is -2.56. The Kier molecular flexibility index (Phi) is 10.8.